The third kappa shape index (κ3) is 58.7. The molecule has 0 amide bonds. The van der Waals surface area contributed by atoms with Crippen molar-refractivity contribution in [3.8, 4) is 0 Å². The standard InChI is InChI=1S/C64H116NO8P/c1-3-5-7-9-11-13-15-17-19-21-22-23-24-25-26-27-28-29-30-31-32-33-34-35-36-37-38-39-40-41-43-45-47-49-51-53-55-57-64(67)73-62(61-72-74(68,69)71-59-58-65)60-70-63(66)56-54-52-50-48-46-44-42-20-18-16-14-12-10-8-6-4-2/h5,7,11,13,17,19,22-23,25-26,28-29,62H,3-4,6,8-10,12,14-16,18,20-21,24,27,30-61,65H2,1-2H3,(H,68,69)/b7-5-,13-11-,19-17-,23-22-,26-25-,29-28-. The van der Waals surface area contributed by atoms with Gasteiger partial charge in [-0.2, -0.15) is 0 Å². The fourth-order valence-electron chi connectivity index (χ4n) is 8.82. The molecule has 0 saturated carbocycles. The van der Waals surface area contributed by atoms with Crippen molar-refractivity contribution in [2.24, 2.45) is 5.73 Å². The summed E-state index contributed by atoms with van der Waals surface area (Å²) in [6.45, 7) is 3.67. The van der Waals surface area contributed by atoms with Crippen LogP contribution in [0, 0.1) is 0 Å². The van der Waals surface area contributed by atoms with Crippen molar-refractivity contribution in [3.05, 3.63) is 72.9 Å². The lowest BCUT2D eigenvalue weighted by Gasteiger charge is -2.19. The second-order valence-electron chi connectivity index (χ2n) is 20.6. The third-order valence-corrected chi connectivity index (χ3v) is 14.3. The zero-order valence-electron chi connectivity index (χ0n) is 48.1. The van der Waals surface area contributed by atoms with Crippen molar-refractivity contribution in [1.82, 2.24) is 0 Å². The van der Waals surface area contributed by atoms with Gasteiger partial charge in [-0.3, -0.25) is 18.6 Å². The fraction of sp³-hybridized carbons (Fsp3) is 0.781. The van der Waals surface area contributed by atoms with E-state index in [9.17, 15) is 19.0 Å². The molecular formula is C64H116NO8P. The molecule has 74 heavy (non-hydrogen) atoms. The normalized spacial score (nSPS) is 13.5. The Morgan fingerprint density at radius 3 is 1.11 bits per heavy atom. The highest BCUT2D eigenvalue weighted by Crippen LogP contribution is 2.43. The number of nitrogens with two attached hydrogens (primary N) is 1. The van der Waals surface area contributed by atoms with Crippen LogP contribution >= 0.6 is 7.82 Å². The molecule has 0 fully saturated rings. The number of carbonyl (C=O) groups excluding carboxylic acids is 2. The number of hydrogen-bond donors (Lipinski definition) is 2. The van der Waals surface area contributed by atoms with Crippen molar-refractivity contribution in [2.75, 3.05) is 26.4 Å². The number of hydrogen-bond acceptors (Lipinski definition) is 8. The summed E-state index contributed by atoms with van der Waals surface area (Å²) in [6.07, 6.45) is 76.9. The number of rotatable bonds is 58. The van der Waals surface area contributed by atoms with Crippen molar-refractivity contribution in [2.45, 2.75) is 296 Å². The van der Waals surface area contributed by atoms with Gasteiger partial charge in [0.25, 0.3) is 0 Å². The molecular weight excluding hydrogens is 942 g/mol. The quantitative estimate of drug-likeness (QED) is 0.0264. The maximum atomic E-state index is 12.7. The molecule has 2 unspecified atom stereocenters. The van der Waals surface area contributed by atoms with E-state index in [2.05, 4.69) is 86.8 Å². The molecule has 3 N–H and O–H groups in total. The molecule has 0 aromatic heterocycles. The summed E-state index contributed by atoms with van der Waals surface area (Å²) in [7, 11) is -4.39. The van der Waals surface area contributed by atoms with E-state index in [-0.39, 0.29) is 38.6 Å². The highest BCUT2D eigenvalue weighted by Gasteiger charge is 2.26. The minimum absolute atomic E-state index is 0.0542. The molecule has 0 rings (SSSR count). The monoisotopic (exact) mass is 1060 g/mol. The van der Waals surface area contributed by atoms with Crippen LogP contribution in [-0.4, -0.2) is 49.3 Å². The largest absolute Gasteiger partial charge is 0.472 e. The minimum Gasteiger partial charge on any atom is -0.462 e. The van der Waals surface area contributed by atoms with Crippen LogP contribution in [0.25, 0.3) is 0 Å². The molecule has 0 aromatic rings. The molecule has 0 spiro atoms. The molecule has 2 atom stereocenters. The van der Waals surface area contributed by atoms with Crippen molar-refractivity contribution < 1.29 is 37.6 Å². The van der Waals surface area contributed by atoms with Gasteiger partial charge < -0.3 is 20.1 Å². The van der Waals surface area contributed by atoms with Gasteiger partial charge in [-0.25, -0.2) is 4.57 Å². The number of unbranched alkanes of at least 4 members (excludes halogenated alkanes) is 33. The van der Waals surface area contributed by atoms with E-state index in [1.165, 1.54) is 180 Å². The average Bonchev–Trinajstić information content (AvgIpc) is 3.39. The van der Waals surface area contributed by atoms with Gasteiger partial charge in [0.1, 0.15) is 6.61 Å². The first kappa shape index (κ1) is 71.5. The van der Waals surface area contributed by atoms with Gasteiger partial charge in [-0.05, 0) is 64.2 Å². The summed E-state index contributed by atoms with van der Waals surface area (Å²) < 4.78 is 33.0. The lowest BCUT2D eigenvalue weighted by molar-refractivity contribution is -0.161. The average molecular weight is 1060 g/mol. The SMILES string of the molecule is CC/C=C\C/C=C\C/C=C\C/C=C\C/C=C\C/C=C\CCCCCCCCCCCCCCCCCCCCC(=O)OC(COC(=O)CCCCCCCCCCCCCCCCCC)COP(=O)(O)OCCN. The van der Waals surface area contributed by atoms with Gasteiger partial charge in [0, 0.05) is 19.4 Å². The molecule has 0 aliphatic heterocycles. The van der Waals surface area contributed by atoms with Crippen LogP contribution in [0.3, 0.4) is 0 Å². The lowest BCUT2D eigenvalue weighted by atomic mass is 10.0. The molecule has 0 saturated heterocycles. The van der Waals surface area contributed by atoms with E-state index in [1.54, 1.807) is 0 Å². The Hall–Kier alpha value is -2.55. The van der Waals surface area contributed by atoms with Gasteiger partial charge in [0.15, 0.2) is 6.10 Å². The second-order valence-corrected chi connectivity index (χ2v) is 22.0. The lowest BCUT2D eigenvalue weighted by Crippen LogP contribution is -2.29. The Morgan fingerprint density at radius 2 is 0.743 bits per heavy atom. The van der Waals surface area contributed by atoms with E-state index in [0.717, 1.165) is 77.0 Å². The molecule has 0 aromatic carbocycles. The van der Waals surface area contributed by atoms with Gasteiger partial charge in [0.05, 0.1) is 13.2 Å². The Kier molecular flexibility index (Phi) is 57.6. The van der Waals surface area contributed by atoms with Gasteiger partial charge >= 0.3 is 19.8 Å². The van der Waals surface area contributed by atoms with Crippen LogP contribution in [-0.2, 0) is 32.7 Å². The predicted octanol–water partition coefficient (Wildman–Crippen LogP) is 19.7. The van der Waals surface area contributed by atoms with Gasteiger partial charge in [0.2, 0.25) is 0 Å². The number of phosphoric ester groups is 1. The van der Waals surface area contributed by atoms with Crippen LogP contribution in [0.2, 0.25) is 0 Å². The number of esters is 2. The van der Waals surface area contributed by atoms with Crippen LogP contribution in [0.1, 0.15) is 290 Å². The summed E-state index contributed by atoms with van der Waals surface area (Å²) in [5.41, 5.74) is 5.38. The Morgan fingerprint density at radius 1 is 0.419 bits per heavy atom. The topological polar surface area (TPSA) is 134 Å². The molecule has 0 aliphatic carbocycles. The molecule has 0 bridgehead atoms. The summed E-state index contributed by atoms with van der Waals surface area (Å²) in [5.74, 6) is -0.814. The van der Waals surface area contributed by atoms with Crippen LogP contribution in [0.5, 0.6) is 0 Å². The highest BCUT2D eigenvalue weighted by molar-refractivity contribution is 7.47. The smallest absolute Gasteiger partial charge is 0.462 e. The van der Waals surface area contributed by atoms with Crippen molar-refractivity contribution in [3.63, 3.8) is 0 Å². The zero-order valence-corrected chi connectivity index (χ0v) is 49.0. The predicted molar refractivity (Wildman–Crippen MR) is 316 cm³/mol. The summed E-state index contributed by atoms with van der Waals surface area (Å²) >= 11 is 0. The van der Waals surface area contributed by atoms with E-state index >= 15 is 0 Å². The minimum atomic E-state index is -4.39. The summed E-state index contributed by atoms with van der Waals surface area (Å²) in [6, 6.07) is 0. The van der Waals surface area contributed by atoms with E-state index in [4.69, 9.17) is 24.3 Å². The zero-order chi connectivity index (χ0) is 53.8. The Balaban J connectivity index is 3.84. The van der Waals surface area contributed by atoms with E-state index < -0.39 is 26.5 Å². The third-order valence-electron chi connectivity index (χ3n) is 13.4. The first-order valence-corrected chi connectivity index (χ1v) is 32.4. The van der Waals surface area contributed by atoms with Gasteiger partial charge in [-0.1, -0.05) is 286 Å². The van der Waals surface area contributed by atoms with E-state index in [0.29, 0.717) is 6.42 Å². The number of ether oxygens (including phenoxy) is 2. The Bertz CT molecular complexity index is 1440. The molecule has 9 nitrogen and oxygen atoms in total. The molecule has 0 heterocycles. The number of phosphoric acid groups is 1. The molecule has 10 heteroatoms. The van der Waals surface area contributed by atoms with Crippen molar-refractivity contribution in [1.29, 1.82) is 0 Å². The van der Waals surface area contributed by atoms with Gasteiger partial charge in [-0.15, -0.1) is 0 Å². The summed E-state index contributed by atoms with van der Waals surface area (Å²) in [4.78, 5) is 35.2. The van der Waals surface area contributed by atoms with Crippen molar-refractivity contribution >= 4 is 19.8 Å². The number of carbonyl (C=O) groups is 2. The molecule has 0 radical (unpaired) electrons. The first-order chi connectivity index (χ1) is 36.3. The van der Waals surface area contributed by atoms with E-state index in [1.807, 2.05) is 0 Å². The fourth-order valence-corrected chi connectivity index (χ4v) is 9.58. The first-order valence-electron chi connectivity index (χ1n) is 30.9. The number of allylic oxidation sites excluding steroid dienone is 12. The van der Waals surface area contributed by atoms with Crippen LogP contribution in [0.15, 0.2) is 72.9 Å². The Labute approximate surface area is 456 Å². The molecule has 0 aliphatic rings. The highest BCUT2D eigenvalue weighted by atomic mass is 31.2. The second kappa shape index (κ2) is 59.7. The maximum absolute atomic E-state index is 12.7. The molecule has 430 valence electrons. The van der Waals surface area contributed by atoms with Crippen LogP contribution < -0.4 is 5.73 Å². The summed E-state index contributed by atoms with van der Waals surface area (Å²) in [5, 5.41) is 0. The van der Waals surface area contributed by atoms with Crippen LogP contribution in [0.4, 0.5) is 0 Å². The maximum Gasteiger partial charge on any atom is 0.472 e.